The van der Waals surface area contributed by atoms with E-state index in [1.54, 1.807) is 18.2 Å². The third-order valence-electron chi connectivity index (χ3n) is 4.01. The van der Waals surface area contributed by atoms with Gasteiger partial charge in [0, 0.05) is 31.7 Å². The second kappa shape index (κ2) is 9.71. The van der Waals surface area contributed by atoms with Crippen molar-refractivity contribution in [1.29, 1.82) is 0 Å². The van der Waals surface area contributed by atoms with Gasteiger partial charge in [-0.1, -0.05) is 36.4 Å². The van der Waals surface area contributed by atoms with Crippen molar-refractivity contribution in [3.05, 3.63) is 66.0 Å². The van der Waals surface area contributed by atoms with Gasteiger partial charge in [-0.3, -0.25) is 4.79 Å². The van der Waals surface area contributed by atoms with E-state index in [1.807, 2.05) is 18.2 Å². The van der Waals surface area contributed by atoms with Crippen LogP contribution in [0.25, 0.3) is 0 Å². The minimum Gasteiger partial charge on any atom is -0.372 e. The predicted molar refractivity (Wildman–Crippen MR) is 96.7 cm³/mol. The molecule has 1 amide bonds. The van der Waals surface area contributed by atoms with E-state index in [4.69, 9.17) is 0 Å². The van der Waals surface area contributed by atoms with Crippen LogP contribution in [0.2, 0.25) is 0 Å². The first-order valence-electron chi connectivity index (χ1n) is 8.50. The number of halogens is 1. The first kappa shape index (κ1) is 18.0. The summed E-state index contributed by atoms with van der Waals surface area (Å²) in [6.07, 6.45) is 1.63. The minimum atomic E-state index is -0.244. The van der Waals surface area contributed by atoms with E-state index in [0.29, 0.717) is 24.9 Å². The van der Waals surface area contributed by atoms with E-state index >= 15 is 0 Å². The molecule has 0 unspecified atom stereocenters. The predicted octanol–water partition coefficient (Wildman–Crippen LogP) is 3.79. The number of benzene rings is 2. The van der Waals surface area contributed by atoms with Crippen molar-refractivity contribution < 1.29 is 9.18 Å². The highest BCUT2D eigenvalue weighted by atomic mass is 19.1. The standard InChI is InChI=1S/C20H25FN2O/c1-2-23(18-10-4-3-5-11-18)16-8-15-22-20(24)14-13-17-9-6-7-12-19(17)21/h3-7,9-12H,2,8,13-16H2,1H3,(H,22,24). The average molecular weight is 328 g/mol. The van der Waals surface area contributed by atoms with Gasteiger partial charge in [0.15, 0.2) is 0 Å². The van der Waals surface area contributed by atoms with Crippen molar-refractivity contribution in [3.8, 4) is 0 Å². The van der Waals surface area contributed by atoms with Crippen molar-refractivity contribution in [3.63, 3.8) is 0 Å². The molecule has 0 fully saturated rings. The average Bonchev–Trinajstić information content (AvgIpc) is 2.62. The molecule has 2 rings (SSSR count). The van der Waals surface area contributed by atoms with Crippen LogP contribution in [0.15, 0.2) is 54.6 Å². The van der Waals surface area contributed by atoms with Gasteiger partial charge in [-0.2, -0.15) is 0 Å². The second-order valence-electron chi connectivity index (χ2n) is 5.71. The lowest BCUT2D eigenvalue weighted by atomic mass is 10.1. The number of nitrogens with one attached hydrogen (secondary N) is 1. The van der Waals surface area contributed by atoms with Gasteiger partial charge in [0.2, 0.25) is 5.91 Å². The third kappa shape index (κ3) is 5.69. The highest BCUT2D eigenvalue weighted by Crippen LogP contribution is 2.13. The molecule has 2 aromatic rings. The Kier molecular flexibility index (Phi) is 7.27. The lowest BCUT2D eigenvalue weighted by molar-refractivity contribution is -0.121. The number of para-hydroxylation sites is 1. The van der Waals surface area contributed by atoms with Crippen LogP contribution in [-0.2, 0) is 11.2 Å². The van der Waals surface area contributed by atoms with E-state index in [9.17, 15) is 9.18 Å². The summed E-state index contributed by atoms with van der Waals surface area (Å²) >= 11 is 0. The van der Waals surface area contributed by atoms with Crippen molar-refractivity contribution in [2.75, 3.05) is 24.5 Å². The van der Waals surface area contributed by atoms with Crippen molar-refractivity contribution in [1.82, 2.24) is 5.32 Å². The number of hydrogen-bond donors (Lipinski definition) is 1. The first-order chi connectivity index (χ1) is 11.7. The van der Waals surface area contributed by atoms with Crippen LogP contribution in [0.1, 0.15) is 25.3 Å². The molecule has 24 heavy (non-hydrogen) atoms. The van der Waals surface area contributed by atoms with Crippen LogP contribution in [0, 0.1) is 5.82 Å². The third-order valence-corrected chi connectivity index (χ3v) is 4.01. The minimum absolute atomic E-state index is 0.0268. The molecule has 3 nitrogen and oxygen atoms in total. The largest absolute Gasteiger partial charge is 0.372 e. The molecule has 0 bridgehead atoms. The zero-order valence-corrected chi connectivity index (χ0v) is 14.2. The Morgan fingerprint density at radius 1 is 1.08 bits per heavy atom. The lowest BCUT2D eigenvalue weighted by Gasteiger charge is -2.23. The fraction of sp³-hybridized carbons (Fsp3) is 0.350. The van der Waals surface area contributed by atoms with Crippen molar-refractivity contribution >= 4 is 11.6 Å². The summed E-state index contributed by atoms with van der Waals surface area (Å²) in [5.74, 6) is -0.271. The summed E-state index contributed by atoms with van der Waals surface area (Å²) in [5.41, 5.74) is 1.79. The Labute approximate surface area is 143 Å². The van der Waals surface area contributed by atoms with E-state index in [0.717, 1.165) is 19.5 Å². The fourth-order valence-electron chi connectivity index (χ4n) is 2.64. The maximum absolute atomic E-state index is 13.5. The van der Waals surface area contributed by atoms with Crippen molar-refractivity contribution in [2.45, 2.75) is 26.2 Å². The molecule has 128 valence electrons. The highest BCUT2D eigenvalue weighted by molar-refractivity contribution is 5.76. The van der Waals surface area contributed by atoms with Crippen LogP contribution in [0.3, 0.4) is 0 Å². The molecular formula is C20H25FN2O. The summed E-state index contributed by atoms with van der Waals surface area (Å²) < 4.78 is 13.5. The van der Waals surface area contributed by atoms with Gasteiger partial charge in [-0.15, -0.1) is 0 Å². The Morgan fingerprint density at radius 3 is 2.50 bits per heavy atom. The number of hydrogen-bond acceptors (Lipinski definition) is 2. The number of rotatable bonds is 9. The van der Waals surface area contributed by atoms with Gasteiger partial charge < -0.3 is 10.2 Å². The maximum atomic E-state index is 13.5. The molecule has 0 saturated heterocycles. The molecule has 0 aliphatic rings. The van der Waals surface area contributed by atoms with E-state index in [1.165, 1.54) is 11.8 Å². The molecule has 0 radical (unpaired) electrons. The summed E-state index contributed by atoms with van der Waals surface area (Å²) in [4.78, 5) is 14.1. The summed E-state index contributed by atoms with van der Waals surface area (Å²) in [6, 6.07) is 16.9. The summed E-state index contributed by atoms with van der Waals surface area (Å²) in [5, 5.41) is 2.92. The SMILES string of the molecule is CCN(CCCNC(=O)CCc1ccccc1F)c1ccccc1. The van der Waals surface area contributed by atoms with E-state index in [2.05, 4.69) is 29.3 Å². The zero-order chi connectivity index (χ0) is 17.2. The molecule has 1 N–H and O–H groups in total. The molecule has 0 spiro atoms. The van der Waals surface area contributed by atoms with Crippen LogP contribution in [0.5, 0.6) is 0 Å². The fourth-order valence-corrected chi connectivity index (χ4v) is 2.64. The highest BCUT2D eigenvalue weighted by Gasteiger charge is 2.06. The first-order valence-corrected chi connectivity index (χ1v) is 8.50. The van der Waals surface area contributed by atoms with Crippen LogP contribution in [0.4, 0.5) is 10.1 Å². The van der Waals surface area contributed by atoms with Gasteiger partial charge in [-0.25, -0.2) is 4.39 Å². The Hall–Kier alpha value is -2.36. The number of aryl methyl sites for hydroxylation is 1. The van der Waals surface area contributed by atoms with Gasteiger partial charge >= 0.3 is 0 Å². The summed E-state index contributed by atoms with van der Waals surface area (Å²) in [7, 11) is 0. The molecule has 2 aromatic carbocycles. The topological polar surface area (TPSA) is 32.3 Å². The van der Waals surface area contributed by atoms with Gasteiger partial charge in [0.25, 0.3) is 0 Å². The summed E-state index contributed by atoms with van der Waals surface area (Å²) in [6.45, 7) is 4.60. The van der Waals surface area contributed by atoms with Gasteiger partial charge in [0.1, 0.15) is 5.82 Å². The van der Waals surface area contributed by atoms with Gasteiger partial charge in [-0.05, 0) is 43.5 Å². The lowest BCUT2D eigenvalue weighted by Crippen LogP contribution is -2.30. The van der Waals surface area contributed by atoms with Gasteiger partial charge in [0.05, 0.1) is 0 Å². The van der Waals surface area contributed by atoms with E-state index < -0.39 is 0 Å². The number of carbonyl (C=O) groups is 1. The number of amides is 1. The number of nitrogens with zero attached hydrogens (tertiary/aromatic N) is 1. The smallest absolute Gasteiger partial charge is 0.220 e. The Morgan fingerprint density at radius 2 is 1.79 bits per heavy atom. The zero-order valence-electron chi connectivity index (χ0n) is 14.2. The monoisotopic (exact) mass is 328 g/mol. The molecule has 0 aromatic heterocycles. The molecule has 4 heteroatoms. The molecule has 0 heterocycles. The molecule has 0 aliphatic carbocycles. The maximum Gasteiger partial charge on any atom is 0.220 e. The molecule has 0 saturated carbocycles. The Balaban J connectivity index is 1.66. The second-order valence-corrected chi connectivity index (χ2v) is 5.71. The van der Waals surface area contributed by atoms with Crippen LogP contribution in [-0.4, -0.2) is 25.5 Å². The van der Waals surface area contributed by atoms with Crippen LogP contribution >= 0.6 is 0 Å². The normalized spacial score (nSPS) is 10.4. The molecule has 0 aliphatic heterocycles. The number of carbonyl (C=O) groups excluding carboxylic acids is 1. The quantitative estimate of drug-likeness (QED) is 0.710. The molecular weight excluding hydrogens is 303 g/mol. The number of anilines is 1. The van der Waals surface area contributed by atoms with Crippen LogP contribution < -0.4 is 10.2 Å². The molecule has 0 atom stereocenters. The van der Waals surface area contributed by atoms with Crippen molar-refractivity contribution in [2.24, 2.45) is 0 Å². The van der Waals surface area contributed by atoms with E-state index in [-0.39, 0.29) is 11.7 Å². The Bertz CT molecular complexity index is 631.